The summed E-state index contributed by atoms with van der Waals surface area (Å²) in [5.41, 5.74) is 0.0197. The van der Waals surface area contributed by atoms with Gasteiger partial charge in [-0.3, -0.25) is 9.59 Å². The zero-order chi connectivity index (χ0) is 13.3. The summed E-state index contributed by atoms with van der Waals surface area (Å²) >= 11 is 0. The molecule has 4 nitrogen and oxygen atoms in total. The van der Waals surface area contributed by atoms with E-state index in [1.807, 2.05) is 0 Å². The molecule has 0 aromatic rings. The van der Waals surface area contributed by atoms with Crippen LogP contribution in [0.1, 0.15) is 53.9 Å². The highest BCUT2D eigenvalue weighted by Gasteiger charge is 2.38. The molecule has 0 aromatic heterocycles. The van der Waals surface area contributed by atoms with E-state index in [0.717, 1.165) is 12.8 Å². The van der Waals surface area contributed by atoms with Crippen LogP contribution in [0, 0.1) is 0 Å². The topological polar surface area (TPSA) is 58.2 Å². The van der Waals surface area contributed by atoms with Gasteiger partial charge in [-0.25, -0.2) is 0 Å². The number of nitrogens with one attached hydrogen (secondary N) is 2. The maximum atomic E-state index is 11.6. The van der Waals surface area contributed by atoms with Crippen LogP contribution in [0.4, 0.5) is 0 Å². The molecule has 17 heavy (non-hydrogen) atoms. The number of piperidine rings is 1. The predicted molar refractivity (Wildman–Crippen MR) is 67.8 cm³/mol. The van der Waals surface area contributed by atoms with Crippen molar-refractivity contribution in [1.82, 2.24) is 10.6 Å². The fourth-order valence-electron chi connectivity index (χ4n) is 2.93. The number of carbonyl (C=O) groups is 2. The van der Waals surface area contributed by atoms with E-state index in [1.54, 1.807) is 0 Å². The maximum absolute atomic E-state index is 11.6. The van der Waals surface area contributed by atoms with E-state index in [0.29, 0.717) is 0 Å². The van der Waals surface area contributed by atoms with E-state index in [2.05, 4.69) is 38.3 Å². The van der Waals surface area contributed by atoms with Gasteiger partial charge in [0.2, 0.25) is 5.91 Å². The standard InChI is InChI=1S/C13H24N2O2/c1-9(16)6-11(17)14-10-7-12(2,3)15-13(4,5)8-10/h10,15H,6-8H2,1-5H3,(H,14,17). The lowest BCUT2D eigenvalue weighted by atomic mass is 9.79. The van der Waals surface area contributed by atoms with Gasteiger partial charge in [-0.05, 0) is 47.5 Å². The fourth-order valence-corrected chi connectivity index (χ4v) is 2.93. The fraction of sp³-hybridized carbons (Fsp3) is 0.846. The summed E-state index contributed by atoms with van der Waals surface area (Å²) in [7, 11) is 0. The Balaban J connectivity index is 2.59. The summed E-state index contributed by atoms with van der Waals surface area (Å²) in [5, 5.41) is 6.52. The van der Waals surface area contributed by atoms with Gasteiger partial charge in [-0.15, -0.1) is 0 Å². The Bertz CT molecular complexity index is 305. The van der Waals surface area contributed by atoms with E-state index in [-0.39, 0.29) is 35.2 Å². The van der Waals surface area contributed by atoms with Gasteiger partial charge < -0.3 is 10.6 Å². The number of hydrogen-bond donors (Lipinski definition) is 2. The largest absolute Gasteiger partial charge is 0.353 e. The Labute approximate surface area is 104 Å². The Morgan fingerprint density at radius 1 is 1.18 bits per heavy atom. The van der Waals surface area contributed by atoms with Crippen LogP contribution >= 0.6 is 0 Å². The minimum Gasteiger partial charge on any atom is -0.353 e. The summed E-state index contributed by atoms with van der Waals surface area (Å²) in [4.78, 5) is 22.5. The molecule has 1 rings (SSSR count). The summed E-state index contributed by atoms with van der Waals surface area (Å²) < 4.78 is 0. The van der Waals surface area contributed by atoms with Crippen molar-refractivity contribution in [2.45, 2.75) is 71.0 Å². The smallest absolute Gasteiger partial charge is 0.227 e. The van der Waals surface area contributed by atoms with Crippen LogP contribution in [0.3, 0.4) is 0 Å². The minimum atomic E-state index is -0.156. The first-order chi connectivity index (χ1) is 7.60. The van der Waals surface area contributed by atoms with E-state index in [4.69, 9.17) is 0 Å². The summed E-state index contributed by atoms with van der Waals surface area (Å²) in [5.74, 6) is -0.244. The maximum Gasteiger partial charge on any atom is 0.227 e. The SMILES string of the molecule is CC(=O)CC(=O)NC1CC(C)(C)NC(C)(C)C1. The number of ketones is 1. The molecule has 1 amide bonds. The molecule has 0 unspecified atom stereocenters. The molecule has 0 bridgehead atoms. The van der Waals surface area contributed by atoms with Crippen LogP contribution in [0.15, 0.2) is 0 Å². The summed E-state index contributed by atoms with van der Waals surface area (Å²) in [6.45, 7) is 9.99. The number of amides is 1. The molecular weight excluding hydrogens is 216 g/mol. The van der Waals surface area contributed by atoms with Crippen molar-refractivity contribution in [3.63, 3.8) is 0 Å². The molecule has 0 aliphatic carbocycles. The zero-order valence-electron chi connectivity index (χ0n) is 11.5. The molecule has 1 aliphatic heterocycles. The Hall–Kier alpha value is -0.900. The van der Waals surface area contributed by atoms with Gasteiger partial charge in [-0.2, -0.15) is 0 Å². The van der Waals surface area contributed by atoms with Crippen molar-refractivity contribution in [1.29, 1.82) is 0 Å². The lowest BCUT2D eigenvalue weighted by Gasteiger charge is -2.46. The third kappa shape index (κ3) is 4.86. The molecule has 0 aromatic carbocycles. The molecule has 1 heterocycles. The molecule has 4 heteroatoms. The second-order valence-corrected chi connectivity index (χ2v) is 6.44. The molecule has 98 valence electrons. The first kappa shape index (κ1) is 14.2. The number of Topliss-reactive ketones (excluding diaryl/α,β-unsaturated/α-hetero) is 1. The average molecular weight is 240 g/mol. The van der Waals surface area contributed by atoms with Crippen molar-refractivity contribution >= 4 is 11.7 Å². The molecule has 1 fully saturated rings. The van der Waals surface area contributed by atoms with E-state index >= 15 is 0 Å². The molecule has 1 saturated heterocycles. The molecule has 1 aliphatic rings. The minimum absolute atomic E-state index is 0.00914. The second-order valence-electron chi connectivity index (χ2n) is 6.44. The Morgan fingerprint density at radius 3 is 2.06 bits per heavy atom. The van der Waals surface area contributed by atoms with Crippen LogP contribution in [-0.4, -0.2) is 28.8 Å². The molecular formula is C13H24N2O2. The van der Waals surface area contributed by atoms with Crippen LogP contribution in [0.2, 0.25) is 0 Å². The third-order valence-corrected chi connectivity index (χ3v) is 2.96. The van der Waals surface area contributed by atoms with E-state index in [9.17, 15) is 9.59 Å². The zero-order valence-corrected chi connectivity index (χ0v) is 11.5. The molecule has 0 spiro atoms. The van der Waals surface area contributed by atoms with Gasteiger partial charge in [0.25, 0.3) is 0 Å². The number of hydrogen-bond acceptors (Lipinski definition) is 3. The van der Waals surface area contributed by atoms with Gasteiger partial charge >= 0.3 is 0 Å². The second kappa shape index (κ2) is 4.77. The predicted octanol–water partition coefficient (Wildman–Crippen LogP) is 1.39. The van der Waals surface area contributed by atoms with E-state index < -0.39 is 0 Å². The van der Waals surface area contributed by atoms with Crippen molar-refractivity contribution in [2.75, 3.05) is 0 Å². The summed E-state index contributed by atoms with van der Waals surface area (Å²) in [6.07, 6.45) is 1.77. The van der Waals surface area contributed by atoms with Gasteiger partial charge in [-0.1, -0.05) is 0 Å². The first-order valence-corrected chi connectivity index (χ1v) is 6.18. The normalized spacial score (nSPS) is 23.1. The third-order valence-electron chi connectivity index (χ3n) is 2.96. The van der Waals surface area contributed by atoms with Crippen molar-refractivity contribution < 1.29 is 9.59 Å². The summed E-state index contributed by atoms with van der Waals surface area (Å²) in [6, 6.07) is 0.146. The Morgan fingerprint density at radius 2 is 1.65 bits per heavy atom. The lowest BCUT2D eigenvalue weighted by molar-refractivity contribution is -0.127. The highest BCUT2D eigenvalue weighted by atomic mass is 16.2. The van der Waals surface area contributed by atoms with Crippen LogP contribution in [0.25, 0.3) is 0 Å². The molecule has 0 radical (unpaired) electrons. The molecule has 0 saturated carbocycles. The number of carbonyl (C=O) groups excluding carboxylic acids is 2. The quantitative estimate of drug-likeness (QED) is 0.733. The lowest BCUT2D eigenvalue weighted by Crippen LogP contribution is -2.62. The van der Waals surface area contributed by atoms with Crippen LogP contribution in [0.5, 0.6) is 0 Å². The number of rotatable bonds is 3. The monoisotopic (exact) mass is 240 g/mol. The average Bonchev–Trinajstić information content (AvgIpc) is 1.93. The molecule has 2 N–H and O–H groups in total. The Kier molecular flexibility index (Phi) is 3.97. The highest BCUT2D eigenvalue weighted by molar-refractivity contribution is 5.96. The van der Waals surface area contributed by atoms with Gasteiger partial charge in [0.1, 0.15) is 5.78 Å². The van der Waals surface area contributed by atoms with E-state index in [1.165, 1.54) is 6.92 Å². The van der Waals surface area contributed by atoms with Gasteiger partial charge in [0.15, 0.2) is 0 Å². The van der Waals surface area contributed by atoms with Crippen LogP contribution in [-0.2, 0) is 9.59 Å². The highest BCUT2D eigenvalue weighted by Crippen LogP contribution is 2.28. The van der Waals surface area contributed by atoms with Crippen molar-refractivity contribution in [2.24, 2.45) is 0 Å². The first-order valence-electron chi connectivity index (χ1n) is 6.18. The van der Waals surface area contributed by atoms with Crippen LogP contribution < -0.4 is 10.6 Å². The van der Waals surface area contributed by atoms with Crippen molar-refractivity contribution in [3.05, 3.63) is 0 Å². The van der Waals surface area contributed by atoms with Crippen molar-refractivity contribution in [3.8, 4) is 0 Å². The van der Waals surface area contributed by atoms with Gasteiger partial charge in [0.05, 0.1) is 6.42 Å². The van der Waals surface area contributed by atoms with Gasteiger partial charge in [0, 0.05) is 17.1 Å². The molecule has 0 atom stereocenters.